The van der Waals surface area contributed by atoms with Crippen LogP contribution in [0.25, 0.3) is 10.9 Å². The Balaban J connectivity index is 1.76. The quantitative estimate of drug-likeness (QED) is 0.415. The van der Waals surface area contributed by atoms with Crippen molar-refractivity contribution in [3.8, 4) is 0 Å². The normalized spacial score (nSPS) is 14.7. The van der Waals surface area contributed by atoms with Crippen molar-refractivity contribution < 1.29 is 9.64 Å². The summed E-state index contributed by atoms with van der Waals surface area (Å²) in [4.78, 5) is 19.5. The monoisotopic (exact) mass is 431 g/mol. The van der Waals surface area contributed by atoms with Gasteiger partial charge in [0.15, 0.2) is 5.11 Å². The number of pyridine rings is 1. The van der Waals surface area contributed by atoms with Crippen molar-refractivity contribution in [2.75, 3.05) is 45.9 Å². The Morgan fingerprint density at radius 3 is 2.80 bits per heavy atom. The average Bonchev–Trinajstić information content (AvgIpc) is 2.77. The molecule has 0 atom stereocenters. The van der Waals surface area contributed by atoms with Gasteiger partial charge in [0.1, 0.15) is 13.1 Å². The molecule has 1 fully saturated rings. The number of fused-ring (bicyclic) bond motifs is 1. The van der Waals surface area contributed by atoms with Gasteiger partial charge in [0.05, 0.1) is 32.8 Å². The average molecular weight is 432 g/mol. The van der Waals surface area contributed by atoms with E-state index in [1.165, 1.54) is 10.5 Å². The number of quaternary nitrogens is 1. The van der Waals surface area contributed by atoms with E-state index in [2.05, 4.69) is 41.2 Å². The predicted octanol–water partition coefficient (Wildman–Crippen LogP) is 1.48. The molecule has 0 amide bonds. The summed E-state index contributed by atoms with van der Waals surface area (Å²) in [6, 6.07) is 8.25. The molecule has 164 valence electrons. The fourth-order valence-electron chi connectivity index (χ4n) is 3.78. The van der Waals surface area contributed by atoms with Gasteiger partial charge in [-0.05, 0) is 54.2 Å². The van der Waals surface area contributed by atoms with E-state index in [0.29, 0.717) is 6.54 Å². The summed E-state index contributed by atoms with van der Waals surface area (Å²) in [5, 5.41) is 5.19. The fourth-order valence-corrected chi connectivity index (χ4v) is 4.04. The molecule has 0 radical (unpaired) electrons. The molecule has 2 heterocycles. The molecule has 2 aromatic rings. The Labute approximate surface area is 184 Å². The van der Waals surface area contributed by atoms with E-state index in [4.69, 9.17) is 17.0 Å². The molecule has 1 aromatic carbocycles. The summed E-state index contributed by atoms with van der Waals surface area (Å²) in [7, 11) is 0. The molecular weight excluding hydrogens is 396 g/mol. The molecule has 1 aromatic heterocycles. The minimum atomic E-state index is -0.0353. The van der Waals surface area contributed by atoms with Gasteiger partial charge < -0.3 is 24.8 Å². The highest BCUT2D eigenvalue weighted by molar-refractivity contribution is 7.80. The van der Waals surface area contributed by atoms with E-state index in [1.54, 1.807) is 0 Å². The van der Waals surface area contributed by atoms with Crippen molar-refractivity contribution in [1.29, 1.82) is 0 Å². The van der Waals surface area contributed by atoms with E-state index < -0.39 is 0 Å². The highest BCUT2D eigenvalue weighted by atomic mass is 32.1. The molecule has 0 unspecified atom stereocenters. The Morgan fingerprint density at radius 2 is 2.07 bits per heavy atom. The first-order valence-electron chi connectivity index (χ1n) is 11.2. The molecule has 0 bridgehead atoms. The smallest absolute Gasteiger partial charge is 0.253 e. The molecule has 1 aliphatic rings. The Bertz CT molecular complexity index is 892. The first-order valence-corrected chi connectivity index (χ1v) is 11.6. The van der Waals surface area contributed by atoms with E-state index in [1.807, 2.05) is 12.1 Å². The zero-order chi connectivity index (χ0) is 21.3. The lowest BCUT2D eigenvalue weighted by atomic mass is 10.1. The van der Waals surface area contributed by atoms with Crippen LogP contribution in [0.5, 0.6) is 0 Å². The summed E-state index contributed by atoms with van der Waals surface area (Å²) < 4.78 is 5.47. The van der Waals surface area contributed by atoms with Crippen LogP contribution in [-0.2, 0) is 17.7 Å². The largest absolute Gasteiger partial charge is 0.370 e. The molecule has 1 saturated heterocycles. The predicted molar refractivity (Wildman–Crippen MR) is 126 cm³/mol. The zero-order valence-corrected chi connectivity index (χ0v) is 19.1. The number of hydrogen-bond donors (Lipinski definition) is 3. The number of H-pyrrole nitrogens is 1. The molecule has 0 spiro atoms. The lowest BCUT2D eigenvalue weighted by molar-refractivity contribution is -0.907. The van der Waals surface area contributed by atoms with Crippen molar-refractivity contribution in [3.05, 3.63) is 45.7 Å². The number of aromatic amines is 1. The van der Waals surface area contributed by atoms with Crippen molar-refractivity contribution in [2.45, 2.75) is 39.7 Å². The van der Waals surface area contributed by atoms with Gasteiger partial charge in [0.25, 0.3) is 5.56 Å². The number of unbranched alkanes of at least 4 members (excludes halogenated alkanes) is 1. The van der Waals surface area contributed by atoms with Crippen molar-refractivity contribution in [2.24, 2.45) is 0 Å². The number of aryl methyl sites for hydroxylation is 1. The molecule has 0 saturated carbocycles. The summed E-state index contributed by atoms with van der Waals surface area (Å²) in [6.45, 7) is 11.2. The topological polar surface area (TPSA) is 61.8 Å². The number of thiocarbonyl (C=S) groups is 1. The second-order valence-corrected chi connectivity index (χ2v) is 8.40. The van der Waals surface area contributed by atoms with E-state index in [0.717, 1.165) is 86.8 Å². The summed E-state index contributed by atoms with van der Waals surface area (Å²) in [5.74, 6) is 0. The van der Waals surface area contributed by atoms with Crippen LogP contribution >= 0.6 is 12.2 Å². The van der Waals surface area contributed by atoms with Gasteiger partial charge in [0, 0.05) is 17.6 Å². The molecule has 3 rings (SSSR count). The maximum atomic E-state index is 12.7. The number of morpholine rings is 1. The van der Waals surface area contributed by atoms with Gasteiger partial charge in [0.2, 0.25) is 0 Å². The molecule has 30 heavy (non-hydrogen) atoms. The minimum Gasteiger partial charge on any atom is -0.370 e. The maximum absolute atomic E-state index is 12.7. The second kappa shape index (κ2) is 11.4. The standard InChI is InChI=1S/C23H34N4O2S/c1-3-5-8-24-23(30)27(10-9-26-11-13-29-14-12-26)17-20-16-19-15-18(4-2)6-7-21(19)25-22(20)28/h6-7,15-16H,3-5,8-14,17H2,1-2H3,(H,24,30)(H,25,28)/p+1. The van der Waals surface area contributed by atoms with E-state index >= 15 is 0 Å². The number of nitrogens with zero attached hydrogens (tertiary/aromatic N) is 1. The lowest BCUT2D eigenvalue weighted by Crippen LogP contribution is -3.14. The number of rotatable bonds is 9. The highest BCUT2D eigenvalue weighted by Crippen LogP contribution is 2.15. The lowest BCUT2D eigenvalue weighted by Gasteiger charge is -2.29. The second-order valence-electron chi connectivity index (χ2n) is 8.02. The van der Waals surface area contributed by atoms with E-state index in [9.17, 15) is 4.79 Å². The van der Waals surface area contributed by atoms with Gasteiger partial charge in [-0.1, -0.05) is 26.3 Å². The zero-order valence-electron chi connectivity index (χ0n) is 18.3. The van der Waals surface area contributed by atoms with Crippen LogP contribution in [-0.4, -0.2) is 60.9 Å². The third kappa shape index (κ3) is 6.27. The maximum Gasteiger partial charge on any atom is 0.253 e. The Hall–Kier alpha value is -1.96. The van der Waals surface area contributed by atoms with Crippen molar-refractivity contribution in [1.82, 2.24) is 15.2 Å². The van der Waals surface area contributed by atoms with Crippen LogP contribution in [0.2, 0.25) is 0 Å². The first-order chi connectivity index (χ1) is 14.6. The van der Waals surface area contributed by atoms with Crippen LogP contribution in [0.3, 0.4) is 0 Å². The van der Waals surface area contributed by atoms with Gasteiger partial charge in [-0.2, -0.15) is 0 Å². The van der Waals surface area contributed by atoms with Crippen molar-refractivity contribution in [3.63, 3.8) is 0 Å². The minimum absolute atomic E-state index is 0.0353. The fraction of sp³-hybridized carbons (Fsp3) is 0.565. The van der Waals surface area contributed by atoms with Gasteiger partial charge in [-0.25, -0.2) is 0 Å². The van der Waals surface area contributed by atoms with Crippen LogP contribution in [0.4, 0.5) is 0 Å². The number of hydrogen-bond acceptors (Lipinski definition) is 3. The van der Waals surface area contributed by atoms with E-state index in [-0.39, 0.29) is 5.56 Å². The van der Waals surface area contributed by atoms with Crippen LogP contribution in [0, 0.1) is 0 Å². The van der Waals surface area contributed by atoms with Crippen LogP contribution < -0.4 is 15.8 Å². The summed E-state index contributed by atoms with van der Waals surface area (Å²) >= 11 is 5.70. The Kier molecular flexibility index (Phi) is 8.66. The molecule has 3 N–H and O–H groups in total. The molecule has 0 aliphatic carbocycles. The third-order valence-corrected chi connectivity index (χ3v) is 6.19. The number of aromatic nitrogens is 1. The molecular formula is C23H35N4O2S+. The van der Waals surface area contributed by atoms with Gasteiger partial charge in [-0.3, -0.25) is 4.79 Å². The number of benzene rings is 1. The van der Waals surface area contributed by atoms with Crippen molar-refractivity contribution >= 4 is 28.2 Å². The van der Waals surface area contributed by atoms with Crippen LogP contribution in [0.1, 0.15) is 37.8 Å². The van der Waals surface area contributed by atoms with Gasteiger partial charge >= 0.3 is 0 Å². The number of nitrogens with one attached hydrogen (secondary N) is 3. The molecule has 7 heteroatoms. The van der Waals surface area contributed by atoms with Crippen LogP contribution in [0.15, 0.2) is 29.1 Å². The third-order valence-electron chi connectivity index (χ3n) is 5.78. The Morgan fingerprint density at radius 1 is 1.27 bits per heavy atom. The number of ether oxygens (including phenoxy) is 1. The van der Waals surface area contributed by atoms with Gasteiger partial charge in [-0.15, -0.1) is 0 Å². The first kappa shape index (κ1) is 22.7. The molecule has 1 aliphatic heterocycles. The SMILES string of the molecule is CCCCNC(=S)N(CC[NH+]1CCOCC1)Cc1cc2cc(CC)ccc2[nH]c1=O. The highest BCUT2D eigenvalue weighted by Gasteiger charge is 2.18. The molecule has 6 nitrogen and oxygen atoms in total. The summed E-state index contributed by atoms with van der Waals surface area (Å²) in [5.41, 5.74) is 2.87. The summed E-state index contributed by atoms with van der Waals surface area (Å²) in [6.07, 6.45) is 3.18.